The molecule has 1 aromatic heterocycles. The number of hydrogen-bond acceptors (Lipinski definition) is 3. The third kappa shape index (κ3) is 5.85. The van der Waals surface area contributed by atoms with E-state index in [1.807, 2.05) is 0 Å². The van der Waals surface area contributed by atoms with Gasteiger partial charge in [0.15, 0.2) is 0 Å². The maximum atomic E-state index is 13.5. The number of ether oxygens (including phenoxy) is 1. The van der Waals surface area contributed by atoms with Crippen LogP contribution in [0.2, 0.25) is 0 Å². The molecule has 130 valence electrons. The number of nitrogens with one attached hydrogen (secondary N) is 1. The van der Waals surface area contributed by atoms with Crippen molar-refractivity contribution in [3.05, 3.63) is 59.4 Å². The number of halogens is 2. The van der Waals surface area contributed by atoms with Crippen LogP contribution in [0.1, 0.15) is 38.1 Å². The van der Waals surface area contributed by atoms with Crippen LogP contribution in [0.25, 0.3) is 0 Å². The molecule has 0 bridgehead atoms. The molecular formula is C18H19BF2N2O2. The average molecular weight is 344 g/mol. The van der Waals surface area contributed by atoms with Crippen molar-refractivity contribution in [1.82, 2.24) is 10.3 Å². The van der Waals surface area contributed by atoms with Crippen molar-refractivity contribution in [2.45, 2.75) is 38.8 Å². The molecule has 0 saturated heterocycles. The van der Waals surface area contributed by atoms with Gasteiger partial charge in [0.25, 0.3) is 0 Å². The third-order valence-corrected chi connectivity index (χ3v) is 3.25. The molecule has 25 heavy (non-hydrogen) atoms. The van der Waals surface area contributed by atoms with Crippen molar-refractivity contribution in [3.63, 3.8) is 0 Å². The maximum Gasteiger partial charge on any atom is 0.408 e. The Labute approximate surface area is 147 Å². The lowest BCUT2D eigenvalue weighted by atomic mass is 9.89. The Morgan fingerprint density at radius 2 is 1.92 bits per heavy atom. The van der Waals surface area contributed by atoms with Crippen LogP contribution in [0, 0.1) is 11.6 Å². The highest BCUT2D eigenvalue weighted by Crippen LogP contribution is 2.18. The lowest BCUT2D eigenvalue weighted by Crippen LogP contribution is -2.38. The van der Waals surface area contributed by atoms with Crippen molar-refractivity contribution in [1.29, 1.82) is 0 Å². The molecule has 0 aliphatic rings. The van der Waals surface area contributed by atoms with Gasteiger partial charge in [-0.2, -0.15) is 0 Å². The predicted molar refractivity (Wildman–Crippen MR) is 91.8 cm³/mol. The quantitative estimate of drug-likeness (QED) is 0.868. The van der Waals surface area contributed by atoms with Gasteiger partial charge in [0.05, 0.1) is 11.7 Å². The molecule has 0 spiro atoms. The molecule has 2 rings (SSSR count). The van der Waals surface area contributed by atoms with Gasteiger partial charge >= 0.3 is 6.09 Å². The van der Waals surface area contributed by atoms with Crippen molar-refractivity contribution in [3.8, 4) is 0 Å². The Morgan fingerprint density at radius 1 is 1.28 bits per heavy atom. The van der Waals surface area contributed by atoms with E-state index in [1.54, 1.807) is 32.9 Å². The van der Waals surface area contributed by atoms with E-state index in [0.717, 1.165) is 6.07 Å². The molecule has 0 aliphatic heterocycles. The first-order valence-corrected chi connectivity index (χ1v) is 7.79. The van der Waals surface area contributed by atoms with E-state index in [-0.39, 0.29) is 6.42 Å². The fourth-order valence-electron chi connectivity index (χ4n) is 2.35. The maximum absolute atomic E-state index is 13.5. The summed E-state index contributed by atoms with van der Waals surface area (Å²) < 4.78 is 32.2. The van der Waals surface area contributed by atoms with Gasteiger partial charge in [-0.05, 0) is 51.0 Å². The first-order valence-electron chi connectivity index (χ1n) is 7.79. The molecule has 1 amide bonds. The fourth-order valence-corrected chi connectivity index (χ4v) is 2.35. The summed E-state index contributed by atoms with van der Waals surface area (Å²) in [5, 5.41) is 2.67. The molecule has 4 nitrogen and oxygen atoms in total. The van der Waals surface area contributed by atoms with Crippen molar-refractivity contribution >= 4 is 19.4 Å². The molecule has 0 aliphatic carbocycles. The van der Waals surface area contributed by atoms with Crippen LogP contribution in [0.15, 0.2) is 36.5 Å². The average Bonchev–Trinajstić information content (AvgIpc) is 2.44. The van der Waals surface area contributed by atoms with Crippen molar-refractivity contribution in [2.24, 2.45) is 0 Å². The lowest BCUT2D eigenvalue weighted by Gasteiger charge is -2.24. The van der Waals surface area contributed by atoms with Crippen LogP contribution in [0.5, 0.6) is 0 Å². The number of benzene rings is 1. The number of pyridine rings is 1. The summed E-state index contributed by atoms with van der Waals surface area (Å²) in [7, 11) is 5.94. The molecular weight excluding hydrogens is 325 g/mol. The van der Waals surface area contributed by atoms with E-state index < -0.39 is 29.4 Å². The second-order valence-electron chi connectivity index (χ2n) is 6.66. The zero-order valence-corrected chi connectivity index (χ0v) is 14.3. The molecule has 1 N–H and O–H groups in total. The van der Waals surface area contributed by atoms with Gasteiger partial charge in [-0.1, -0.05) is 11.5 Å². The van der Waals surface area contributed by atoms with E-state index in [2.05, 4.69) is 10.3 Å². The highest BCUT2D eigenvalue weighted by Gasteiger charge is 2.23. The van der Waals surface area contributed by atoms with Crippen molar-refractivity contribution < 1.29 is 18.3 Å². The summed E-state index contributed by atoms with van der Waals surface area (Å²) in [4.78, 5) is 16.3. The number of carbonyl (C=O) groups is 1. The normalized spacial score (nSPS) is 12.5. The van der Waals surface area contributed by atoms with E-state index in [1.165, 1.54) is 18.3 Å². The molecule has 0 saturated carbocycles. The van der Waals surface area contributed by atoms with Gasteiger partial charge in [0.2, 0.25) is 0 Å². The highest BCUT2D eigenvalue weighted by atomic mass is 19.1. The van der Waals surface area contributed by atoms with Gasteiger partial charge in [0.1, 0.15) is 25.1 Å². The largest absolute Gasteiger partial charge is 0.444 e. The van der Waals surface area contributed by atoms with Crippen LogP contribution in [-0.4, -0.2) is 24.5 Å². The Kier molecular flexibility index (Phi) is 5.77. The minimum absolute atomic E-state index is 0.106. The SMILES string of the molecule is [B]c1cccnc1C(Cc1cc(F)cc(F)c1)NC(=O)OC(C)(C)C. The number of nitrogens with zero attached hydrogens (tertiary/aromatic N) is 1. The number of alkyl carbamates (subject to hydrolysis) is 1. The van der Waals surface area contributed by atoms with E-state index in [9.17, 15) is 13.6 Å². The topological polar surface area (TPSA) is 51.2 Å². The van der Waals surface area contributed by atoms with E-state index >= 15 is 0 Å². The van der Waals surface area contributed by atoms with Gasteiger partial charge in [-0.25, -0.2) is 13.6 Å². The fraction of sp³-hybridized carbons (Fsp3) is 0.333. The van der Waals surface area contributed by atoms with Crippen LogP contribution in [0.3, 0.4) is 0 Å². The summed E-state index contributed by atoms with van der Waals surface area (Å²) in [5.74, 6) is -1.39. The monoisotopic (exact) mass is 344 g/mol. The predicted octanol–water partition coefficient (Wildman–Crippen LogP) is 2.96. The van der Waals surface area contributed by atoms with Gasteiger partial charge in [-0.15, -0.1) is 0 Å². The summed E-state index contributed by atoms with van der Waals surface area (Å²) in [6.45, 7) is 5.20. The standard InChI is InChI=1S/C18H19BF2N2O2/c1-18(2,3)25-17(24)23-15(16-14(19)5-4-6-22-16)9-11-7-12(20)10-13(21)8-11/h4-8,10,15H,9H2,1-3H3,(H,23,24). The van der Waals surface area contributed by atoms with E-state index in [4.69, 9.17) is 12.6 Å². The Bertz CT molecular complexity index is 743. The first kappa shape index (κ1) is 18.9. The van der Waals surface area contributed by atoms with Crippen LogP contribution < -0.4 is 10.8 Å². The highest BCUT2D eigenvalue weighted by molar-refractivity contribution is 6.33. The second-order valence-corrected chi connectivity index (χ2v) is 6.66. The van der Waals surface area contributed by atoms with Crippen LogP contribution >= 0.6 is 0 Å². The van der Waals surface area contributed by atoms with Crippen LogP contribution in [0.4, 0.5) is 13.6 Å². The Balaban J connectivity index is 2.29. The molecule has 0 fully saturated rings. The summed E-state index contributed by atoms with van der Waals surface area (Å²) in [5.41, 5.74) is 0.442. The van der Waals surface area contributed by atoms with E-state index in [0.29, 0.717) is 16.7 Å². The number of rotatable bonds is 4. The van der Waals surface area contributed by atoms with Gasteiger partial charge in [-0.3, -0.25) is 4.98 Å². The summed E-state index contributed by atoms with van der Waals surface area (Å²) >= 11 is 0. The molecule has 7 heteroatoms. The Hall–Kier alpha value is -2.44. The molecule has 1 unspecified atom stereocenters. The zero-order valence-electron chi connectivity index (χ0n) is 14.3. The number of carbonyl (C=O) groups excluding carboxylic acids is 1. The van der Waals surface area contributed by atoms with Crippen molar-refractivity contribution in [2.75, 3.05) is 0 Å². The molecule has 1 aromatic carbocycles. The molecule has 1 atom stereocenters. The second kappa shape index (κ2) is 7.63. The van der Waals surface area contributed by atoms with Gasteiger partial charge in [0, 0.05) is 12.3 Å². The Morgan fingerprint density at radius 3 is 2.48 bits per heavy atom. The zero-order chi connectivity index (χ0) is 18.6. The molecule has 1 heterocycles. The minimum Gasteiger partial charge on any atom is -0.444 e. The third-order valence-electron chi connectivity index (χ3n) is 3.25. The minimum atomic E-state index is -0.697. The van der Waals surface area contributed by atoms with Gasteiger partial charge < -0.3 is 10.1 Å². The first-order chi connectivity index (χ1) is 11.6. The number of aromatic nitrogens is 1. The van der Waals surface area contributed by atoms with Crippen LogP contribution in [-0.2, 0) is 11.2 Å². The molecule has 2 aromatic rings. The smallest absolute Gasteiger partial charge is 0.408 e. The molecule has 2 radical (unpaired) electrons. The number of hydrogen-bond donors (Lipinski definition) is 1. The lowest BCUT2D eigenvalue weighted by molar-refractivity contribution is 0.0502. The number of amides is 1. The summed E-state index contributed by atoms with van der Waals surface area (Å²) in [6, 6.07) is 5.79. The summed E-state index contributed by atoms with van der Waals surface area (Å²) in [6.07, 6.45) is 0.968.